The summed E-state index contributed by atoms with van der Waals surface area (Å²) in [6.45, 7) is 3.97. The summed E-state index contributed by atoms with van der Waals surface area (Å²) in [5.74, 6) is 0.266. The number of hydrogen-bond acceptors (Lipinski definition) is 5. The highest BCUT2D eigenvalue weighted by Gasteiger charge is 2.20. The molecular formula is C23H29FN4O3. The zero-order valence-electron chi connectivity index (χ0n) is 17.8. The molecule has 2 aromatic rings. The molecular weight excluding hydrogens is 399 g/mol. The lowest BCUT2D eigenvalue weighted by molar-refractivity contribution is -0.123. The van der Waals surface area contributed by atoms with E-state index in [0.717, 1.165) is 11.3 Å². The van der Waals surface area contributed by atoms with E-state index >= 15 is 0 Å². The highest BCUT2D eigenvalue weighted by molar-refractivity contribution is 5.92. The van der Waals surface area contributed by atoms with Crippen molar-refractivity contribution in [2.75, 3.05) is 58.2 Å². The van der Waals surface area contributed by atoms with Gasteiger partial charge in [0.2, 0.25) is 11.8 Å². The maximum absolute atomic E-state index is 13.2. The van der Waals surface area contributed by atoms with E-state index in [4.69, 9.17) is 4.74 Å². The number of anilines is 1. The van der Waals surface area contributed by atoms with Crippen LogP contribution in [-0.2, 0) is 16.0 Å². The predicted molar refractivity (Wildman–Crippen MR) is 118 cm³/mol. The van der Waals surface area contributed by atoms with Gasteiger partial charge in [-0.15, -0.1) is 0 Å². The molecule has 2 N–H and O–H groups in total. The summed E-state index contributed by atoms with van der Waals surface area (Å²) in [5.41, 5.74) is 1.52. The number of methoxy groups -OCH3 is 1. The van der Waals surface area contributed by atoms with Crippen molar-refractivity contribution in [3.63, 3.8) is 0 Å². The molecule has 166 valence electrons. The Balaban J connectivity index is 1.33. The number of carbonyl (C=O) groups excluding carboxylic acids is 2. The van der Waals surface area contributed by atoms with Gasteiger partial charge >= 0.3 is 0 Å². The summed E-state index contributed by atoms with van der Waals surface area (Å²) in [5, 5.41) is 5.67. The van der Waals surface area contributed by atoms with Crippen molar-refractivity contribution in [2.24, 2.45) is 0 Å². The maximum Gasteiger partial charge on any atom is 0.238 e. The Morgan fingerprint density at radius 2 is 1.65 bits per heavy atom. The molecule has 1 aliphatic heterocycles. The van der Waals surface area contributed by atoms with Crippen LogP contribution in [0.15, 0.2) is 48.5 Å². The average Bonchev–Trinajstić information content (AvgIpc) is 2.75. The molecule has 2 aromatic carbocycles. The van der Waals surface area contributed by atoms with E-state index in [1.807, 2.05) is 29.2 Å². The molecule has 3 rings (SSSR count). The zero-order valence-corrected chi connectivity index (χ0v) is 17.8. The molecule has 0 radical (unpaired) electrons. The van der Waals surface area contributed by atoms with Crippen molar-refractivity contribution in [2.45, 2.75) is 6.42 Å². The number of nitrogens with one attached hydrogen (secondary N) is 2. The van der Waals surface area contributed by atoms with Gasteiger partial charge in [-0.2, -0.15) is 0 Å². The van der Waals surface area contributed by atoms with Gasteiger partial charge in [0, 0.05) is 38.4 Å². The number of halogens is 1. The molecule has 0 atom stereocenters. The summed E-state index contributed by atoms with van der Waals surface area (Å²) >= 11 is 0. The van der Waals surface area contributed by atoms with Crippen molar-refractivity contribution >= 4 is 17.5 Å². The third kappa shape index (κ3) is 7.34. The first kappa shape index (κ1) is 22.7. The molecule has 7 nitrogen and oxygen atoms in total. The van der Waals surface area contributed by atoms with Crippen molar-refractivity contribution < 1.29 is 18.7 Å². The lowest BCUT2D eigenvalue weighted by Crippen LogP contribution is -2.51. The van der Waals surface area contributed by atoms with Crippen LogP contribution in [0.25, 0.3) is 0 Å². The van der Waals surface area contributed by atoms with Crippen LogP contribution in [0.1, 0.15) is 5.56 Å². The van der Waals surface area contributed by atoms with Gasteiger partial charge < -0.3 is 15.4 Å². The molecule has 2 amide bonds. The van der Waals surface area contributed by atoms with Crippen LogP contribution in [0.4, 0.5) is 10.1 Å². The van der Waals surface area contributed by atoms with Crippen LogP contribution in [0.2, 0.25) is 0 Å². The number of para-hydroxylation sites is 1. The van der Waals surface area contributed by atoms with Gasteiger partial charge in [0.25, 0.3) is 0 Å². The molecule has 0 aromatic heterocycles. The molecule has 1 heterocycles. The number of amides is 2. The number of benzene rings is 2. The molecule has 1 aliphatic rings. The Morgan fingerprint density at radius 3 is 2.32 bits per heavy atom. The summed E-state index contributed by atoms with van der Waals surface area (Å²) < 4.78 is 18.5. The summed E-state index contributed by atoms with van der Waals surface area (Å²) in [6.07, 6.45) is 0.712. The topological polar surface area (TPSA) is 73.9 Å². The maximum atomic E-state index is 13.2. The third-order valence-corrected chi connectivity index (χ3v) is 5.22. The molecule has 1 saturated heterocycles. The first-order valence-electron chi connectivity index (χ1n) is 10.4. The number of rotatable bonds is 9. The third-order valence-electron chi connectivity index (χ3n) is 5.22. The van der Waals surface area contributed by atoms with E-state index in [0.29, 0.717) is 51.4 Å². The number of piperazine rings is 1. The van der Waals surface area contributed by atoms with Gasteiger partial charge in [-0.3, -0.25) is 19.4 Å². The van der Waals surface area contributed by atoms with Crippen LogP contribution in [-0.4, -0.2) is 74.5 Å². The number of ether oxygens (including phenoxy) is 1. The van der Waals surface area contributed by atoms with Crippen molar-refractivity contribution in [3.8, 4) is 5.75 Å². The van der Waals surface area contributed by atoms with E-state index in [2.05, 4.69) is 15.5 Å². The van der Waals surface area contributed by atoms with Crippen LogP contribution in [0.3, 0.4) is 0 Å². The minimum absolute atomic E-state index is 0.00723. The molecule has 1 fully saturated rings. The smallest absolute Gasteiger partial charge is 0.238 e. The minimum atomic E-state index is -0.382. The van der Waals surface area contributed by atoms with Gasteiger partial charge in [0.05, 0.1) is 20.2 Å². The zero-order chi connectivity index (χ0) is 22.1. The average molecular weight is 429 g/mol. The molecule has 31 heavy (non-hydrogen) atoms. The second kappa shape index (κ2) is 11.4. The van der Waals surface area contributed by atoms with Gasteiger partial charge in [-0.05, 0) is 36.2 Å². The predicted octanol–water partition coefficient (Wildman–Crippen LogP) is 1.75. The highest BCUT2D eigenvalue weighted by atomic mass is 19.1. The SMILES string of the molecule is COc1ccccc1CCNC(=O)CN1CCN(CC(=O)Nc2cccc(F)c2)CC1. The van der Waals surface area contributed by atoms with Crippen LogP contribution in [0, 0.1) is 5.82 Å². The standard InChI is InChI=1S/C23H29FN4O3/c1-31-21-8-3-2-5-18(21)9-10-25-22(29)16-27-11-13-28(14-12-27)17-23(30)26-20-7-4-6-19(24)15-20/h2-8,15H,9-14,16-17H2,1H3,(H,25,29)(H,26,30). The van der Waals surface area contributed by atoms with E-state index < -0.39 is 0 Å². The second-order valence-corrected chi connectivity index (χ2v) is 7.52. The van der Waals surface area contributed by atoms with Gasteiger partial charge in [0.1, 0.15) is 11.6 Å². The van der Waals surface area contributed by atoms with E-state index in [1.54, 1.807) is 19.2 Å². The van der Waals surface area contributed by atoms with E-state index in [-0.39, 0.29) is 24.2 Å². The molecule has 8 heteroatoms. The summed E-state index contributed by atoms with van der Waals surface area (Å²) in [4.78, 5) is 28.5. The fourth-order valence-corrected chi connectivity index (χ4v) is 3.58. The monoisotopic (exact) mass is 428 g/mol. The Hall–Kier alpha value is -2.97. The summed E-state index contributed by atoms with van der Waals surface area (Å²) in [7, 11) is 1.64. The first-order chi connectivity index (χ1) is 15.0. The van der Waals surface area contributed by atoms with Crippen molar-refractivity contribution in [3.05, 3.63) is 59.9 Å². The van der Waals surface area contributed by atoms with Crippen LogP contribution in [0.5, 0.6) is 5.75 Å². The van der Waals surface area contributed by atoms with Crippen LogP contribution < -0.4 is 15.4 Å². The molecule has 0 bridgehead atoms. The lowest BCUT2D eigenvalue weighted by Gasteiger charge is -2.33. The van der Waals surface area contributed by atoms with Gasteiger partial charge in [-0.25, -0.2) is 4.39 Å². The highest BCUT2D eigenvalue weighted by Crippen LogP contribution is 2.17. The minimum Gasteiger partial charge on any atom is -0.496 e. The van der Waals surface area contributed by atoms with E-state index in [1.165, 1.54) is 12.1 Å². The molecule has 0 saturated carbocycles. The first-order valence-corrected chi connectivity index (χ1v) is 10.4. The Kier molecular flexibility index (Phi) is 8.37. The summed E-state index contributed by atoms with van der Waals surface area (Å²) in [6, 6.07) is 13.6. The Morgan fingerprint density at radius 1 is 0.968 bits per heavy atom. The van der Waals surface area contributed by atoms with Crippen LogP contribution >= 0.6 is 0 Å². The fourth-order valence-electron chi connectivity index (χ4n) is 3.58. The quantitative estimate of drug-likeness (QED) is 0.637. The molecule has 0 unspecified atom stereocenters. The number of nitrogens with zero attached hydrogens (tertiary/aromatic N) is 2. The lowest BCUT2D eigenvalue weighted by atomic mass is 10.1. The van der Waals surface area contributed by atoms with E-state index in [9.17, 15) is 14.0 Å². The molecule has 0 aliphatic carbocycles. The van der Waals surface area contributed by atoms with Gasteiger partial charge in [-0.1, -0.05) is 24.3 Å². The van der Waals surface area contributed by atoms with Gasteiger partial charge in [0.15, 0.2) is 0 Å². The van der Waals surface area contributed by atoms with Crippen molar-refractivity contribution in [1.29, 1.82) is 0 Å². The second-order valence-electron chi connectivity index (χ2n) is 7.52. The fraction of sp³-hybridized carbons (Fsp3) is 0.391. The largest absolute Gasteiger partial charge is 0.496 e. The molecule has 0 spiro atoms. The Labute approximate surface area is 182 Å². The number of hydrogen-bond donors (Lipinski definition) is 2. The Bertz CT molecular complexity index is 885. The number of carbonyl (C=O) groups is 2. The normalized spacial score (nSPS) is 14.8. The van der Waals surface area contributed by atoms with Crippen molar-refractivity contribution in [1.82, 2.24) is 15.1 Å².